The van der Waals surface area contributed by atoms with E-state index in [0.29, 0.717) is 17.3 Å². The van der Waals surface area contributed by atoms with Crippen LogP contribution in [0.4, 0.5) is 17.2 Å². The van der Waals surface area contributed by atoms with Crippen molar-refractivity contribution in [3.05, 3.63) is 78.9 Å². The summed E-state index contributed by atoms with van der Waals surface area (Å²) in [5.41, 5.74) is 2.43. The average Bonchev–Trinajstić information content (AvgIpc) is 2.74. The molecule has 2 aromatic heterocycles. The molecule has 0 aliphatic carbocycles. The van der Waals surface area contributed by atoms with E-state index in [1.54, 1.807) is 31.5 Å². The first-order valence-corrected chi connectivity index (χ1v) is 8.62. The van der Waals surface area contributed by atoms with Crippen LogP contribution in [0.3, 0.4) is 0 Å². The summed E-state index contributed by atoms with van der Waals surface area (Å²) in [6.07, 6.45) is 3.08. The Bertz CT molecular complexity index is 1140. The zero-order valence-corrected chi connectivity index (χ0v) is 15.1. The number of hydrogen-bond acceptors (Lipinski definition) is 6. The second kappa shape index (κ2) is 7.71. The lowest BCUT2D eigenvalue weighted by atomic mass is 10.2. The van der Waals surface area contributed by atoms with Gasteiger partial charge in [-0.3, -0.25) is 9.78 Å². The molecule has 0 radical (unpaired) electrons. The Kier molecular flexibility index (Phi) is 4.79. The number of hydrogen-bond donors (Lipinski definition) is 2. The summed E-state index contributed by atoms with van der Waals surface area (Å²) >= 11 is 0. The van der Waals surface area contributed by atoms with Gasteiger partial charge in [-0.15, -0.1) is 0 Å². The van der Waals surface area contributed by atoms with Crippen molar-refractivity contribution >= 4 is 34.0 Å². The van der Waals surface area contributed by atoms with E-state index in [1.165, 1.54) is 6.33 Å². The summed E-state index contributed by atoms with van der Waals surface area (Å²) < 4.78 is 5.26. The summed E-state index contributed by atoms with van der Waals surface area (Å²) in [6.45, 7) is 0. The van der Waals surface area contributed by atoms with E-state index >= 15 is 0 Å². The molecule has 2 N–H and O–H groups in total. The van der Waals surface area contributed by atoms with Crippen LogP contribution in [0.1, 0.15) is 10.5 Å². The van der Waals surface area contributed by atoms with Crippen molar-refractivity contribution in [3.63, 3.8) is 0 Å². The number of carbonyl (C=O) groups is 1. The zero-order chi connectivity index (χ0) is 19.3. The SMILES string of the molecule is COc1ccccc1NC(=O)c1cc(Nc2cccc3cccnc23)ncn1. The molecule has 2 aromatic carbocycles. The van der Waals surface area contributed by atoms with Crippen LogP contribution in [0.5, 0.6) is 5.75 Å². The van der Waals surface area contributed by atoms with Crippen molar-refractivity contribution in [2.24, 2.45) is 0 Å². The van der Waals surface area contributed by atoms with Crippen molar-refractivity contribution in [2.45, 2.75) is 0 Å². The number of fused-ring (bicyclic) bond motifs is 1. The molecule has 1 amide bonds. The highest BCUT2D eigenvalue weighted by Crippen LogP contribution is 2.25. The van der Waals surface area contributed by atoms with Crippen LogP contribution in [0.15, 0.2) is 73.2 Å². The smallest absolute Gasteiger partial charge is 0.274 e. The number of benzene rings is 2. The predicted octanol–water partition coefficient (Wildman–Crippen LogP) is 4.03. The van der Waals surface area contributed by atoms with E-state index < -0.39 is 0 Å². The number of anilines is 3. The molecule has 0 bridgehead atoms. The fourth-order valence-electron chi connectivity index (χ4n) is 2.83. The van der Waals surface area contributed by atoms with Gasteiger partial charge in [0.15, 0.2) is 0 Å². The van der Waals surface area contributed by atoms with Gasteiger partial charge in [-0.05, 0) is 24.3 Å². The van der Waals surface area contributed by atoms with E-state index in [2.05, 4.69) is 25.6 Å². The molecule has 0 spiro atoms. The number of pyridine rings is 1. The fraction of sp³-hybridized carbons (Fsp3) is 0.0476. The number of para-hydroxylation sites is 3. The first-order chi connectivity index (χ1) is 13.7. The van der Waals surface area contributed by atoms with Crippen molar-refractivity contribution in [1.29, 1.82) is 0 Å². The molecule has 0 atom stereocenters. The third-order valence-corrected chi connectivity index (χ3v) is 4.15. The van der Waals surface area contributed by atoms with Crippen molar-refractivity contribution in [3.8, 4) is 5.75 Å². The molecule has 28 heavy (non-hydrogen) atoms. The lowest BCUT2D eigenvalue weighted by Gasteiger charge is -2.11. The molecule has 138 valence electrons. The van der Waals surface area contributed by atoms with Crippen LogP contribution in [0.25, 0.3) is 10.9 Å². The minimum absolute atomic E-state index is 0.233. The second-order valence-corrected chi connectivity index (χ2v) is 5.95. The highest BCUT2D eigenvalue weighted by molar-refractivity contribution is 6.04. The van der Waals surface area contributed by atoms with Gasteiger partial charge in [0.1, 0.15) is 23.6 Å². The van der Waals surface area contributed by atoms with E-state index in [4.69, 9.17) is 4.74 Å². The number of amides is 1. The Morgan fingerprint density at radius 1 is 0.929 bits per heavy atom. The number of aromatic nitrogens is 3. The van der Waals surface area contributed by atoms with Crippen LogP contribution in [-0.4, -0.2) is 28.0 Å². The van der Waals surface area contributed by atoms with Crippen LogP contribution in [0, 0.1) is 0 Å². The standard InChI is InChI=1S/C21H17N5O2/c1-28-18-10-3-2-8-15(18)26-21(27)17-12-19(24-13-23-17)25-16-9-4-6-14-7-5-11-22-20(14)16/h2-13H,1H3,(H,26,27)(H,23,24,25). The van der Waals surface area contributed by atoms with E-state index in [-0.39, 0.29) is 11.6 Å². The first-order valence-electron chi connectivity index (χ1n) is 8.62. The minimum atomic E-state index is -0.356. The molecule has 0 aliphatic rings. The molecule has 0 saturated heterocycles. The topological polar surface area (TPSA) is 89.0 Å². The van der Waals surface area contributed by atoms with Gasteiger partial charge >= 0.3 is 0 Å². The van der Waals surface area contributed by atoms with Gasteiger partial charge in [0.05, 0.1) is 24.0 Å². The average molecular weight is 371 g/mol. The van der Waals surface area contributed by atoms with Gasteiger partial charge in [-0.1, -0.05) is 30.3 Å². The van der Waals surface area contributed by atoms with Gasteiger partial charge < -0.3 is 15.4 Å². The summed E-state index contributed by atoms with van der Waals surface area (Å²) in [5, 5.41) is 7.02. The highest BCUT2D eigenvalue weighted by Gasteiger charge is 2.12. The molecule has 7 heteroatoms. The summed E-state index contributed by atoms with van der Waals surface area (Å²) in [6, 6.07) is 18.5. The lowest BCUT2D eigenvalue weighted by molar-refractivity contribution is 0.102. The summed E-state index contributed by atoms with van der Waals surface area (Å²) in [7, 11) is 1.55. The molecule has 0 unspecified atom stereocenters. The Morgan fingerprint density at radius 3 is 2.64 bits per heavy atom. The quantitative estimate of drug-likeness (QED) is 0.551. The Hall–Kier alpha value is -4.00. The Balaban J connectivity index is 1.58. The van der Waals surface area contributed by atoms with E-state index in [1.807, 2.05) is 42.5 Å². The first kappa shape index (κ1) is 17.4. The molecular weight excluding hydrogens is 354 g/mol. The number of methoxy groups -OCH3 is 1. The van der Waals surface area contributed by atoms with E-state index in [9.17, 15) is 4.79 Å². The molecule has 4 rings (SSSR count). The molecule has 2 heterocycles. The van der Waals surface area contributed by atoms with Crippen LogP contribution < -0.4 is 15.4 Å². The fourth-order valence-corrected chi connectivity index (χ4v) is 2.83. The van der Waals surface area contributed by atoms with Crippen molar-refractivity contribution < 1.29 is 9.53 Å². The second-order valence-electron chi connectivity index (χ2n) is 5.95. The van der Waals surface area contributed by atoms with Crippen LogP contribution in [0.2, 0.25) is 0 Å². The normalized spacial score (nSPS) is 10.5. The van der Waals surface area contributed by atoms with Crippen LogP contribution in [-0.2, 0) is 0 Å². The Labute approximate surface area is 161 Å². The Morgan fingerprint density at radius 2 is 1.75 bits per heavy atom. The maximum atomic E-state index is 12.6. The highest BCUT2D eigenvalue weighted by atomic mass is 16.5. The van der Waals surface area contributed by atoms with Crippen LogP contribution >= 0.6 is 0 Å². The molecular formula is C21H17N5O2. The monoisotopic (exact) mass is 371 g/mol. The maximum absolute atomic E-state index is 12.6. The molecule has 0 saturated carbocycles. The molecule has 0 fully saturated rings. The van der Waals surface area contributed by atoms with Gasteiger partial charge in [-0.2, -0.15) is 0 Å². The lowest BCUT2D eigenvalue weighted by Crippen LogP contribution is -2.15. The van der Waals surface area contributed by atoms with E-state index in [0.717, 1.165) is 16.6 Å². The number of ether oxygens (including phenoxy) is 1. The predicted molar refractivity (Wildman–Crippen MR) is 108 cm³/mol. The summed E-state index contributed by atoms with van der Waals surface area (Å²) in [4.78, 5) is 25.3. The largest absolute Gasteiger partial charge is 0.495 e. The van der Waals surface area contributed by atoms with Gasteiger partial charge in [0, 0.05) is 17.6 Å². The number of nitrogens with one attached hydrogen (secondary N) is 2. The number of rotatable bonds is 5. The van der Waals surface area contributed by atoms with Gasteiger partial charge in [0.25, 0.3) is 5.91 Å². The van der Waals surface area contributed by atoms with Gasteiger partial charge in [0.2, 0.25) is 0 Å². The molecule has 7 nitrogen and oxygen atoms in total. The molecule has 4 aromatic rings. The maximum Gasteiger partial charge on any atom is 0.274 e. The van der Waals surface area contributed by atoms with Crippen molar-refractivity contribution in [1.82, 2.24) is 15.0 Å². The molecule has 0 aliphatic heterocycles. The zero-order valence-electron chi connectivity index (χ0n) is 15.1. The minimum Gasteiger partial charge on any atom is -0.495 e. The third kappa shape index (κ3) is 3.59. The summed E-state index contributed by atoms with van der Waals surface area (Å²) in [5.74, 6) is 0.717. The third-order valence-electron chi connectivity index (χ3n) is 4.15. The van der Waals surface area contributed by atoms with Crippen molar-refractivity contribution in [2.75, 3.05) is 17.7 Å². The number of nitrogens with zero attached hydrogens (tertiary/aromatic N) is 3. The van der Waals surface area contributed by atoms with Gasteiger partial charge in [-0.25, -0.2) is 9.97 Å². The number of carbonyl (C=O) groups excluding carboxylic acids is 1.